The molecule has 0 amide bonds. The predicted molar refractivity (Wildman–Crippen MR) is 70.8 cm³/mol. The van der Waals surface area contributed by atoms with Crippen LogP contribution in [0.2, 0.25) is 0 Å². The second kappa shape index (κ2) is 5.31. The first-order chi connectivity index (χ1) is 8.63. The van der Waals surface area contributed by atoms with Crippen LogP contribution in [0.4, 0.5) is 4.39 Å². The zero-order chi connectivity index (χ0) is 13.1. The van der Waals surface area contributed by atoms with Gasteiger partial charge in [-0.25, -0.2) is 4.39 Å². The Labute approximate surface area is 107 Å². The summed E-state index contributed by atoms with van der Waals surface area (Å²) in [5.74, 6) is -0.213. The third kappa shape index (κ3) is 2.43. The third-order valence-corrected chi connectivity index (χ3v) is 2.78. The molecular formula is C14H18FN3. The summed E-state index contributed by atoms with van der Waals surface area (Å²) in [7, 11) is 1.87. The zero-order valence-corrected chi connectivity index (χ0v) is 10.9. The molecule has 3 nitrogen and oxygen atoms in total. The molecule has 0 aliphatic rings. The van der Waals surface area contributed by atoms with Crippen molar-refractivity contribution in [2.45, 2.75) is 26.4 Å². The largest absolute Gasteiger partial charge is 0.314 e. The molecule has 1 N–H and O–H groups in total. The Morgan fingerprint density at radius 3 is 2.67 bits per heavy atom. The Kier molecular flexibility index (Phi) is 3.77. The molecule has 0 saturated heterocycles. The minimum absolute atomic E-state index is 0.199. The molecule has 0 bridgehead atoms. The van der Waals surface area contributed by atoms with E-state index in [-0.39, 0.29) is 11.9 Å². The molecule has 0 aliphatic heterocycles. The van der Waals surface area contributed by atoms with Gasteiger partial charge < -0.3 is 5.32 Å². The second-order valence-electron chi connectivity index (χ2n) is 4.57. The summed E-state index contributed by atoms with van der Waals surface area (Å²) >= 11 is 0. The lowest BCUT2D eigenvalue weighted by atomic mass is 10.1. The quantitative estimate of drug-likeness (QED) is 0.900. The molecule has 0 spiro atoms. The Morgan fingerprint density at radius 2 is 2.06 bits per heavy atom. The van der Waals surface area contributed by atoms with Gasteiger partial charge in [-0.3, -0.25) is 4.68 Å². The Balaban J connectivity index is 2.52. The molecule has 0 atom stereocenters. The molecule has 2 rings (SSSR count). The summed E-state index contributed by atoms with van der Waals surface area (Å²) in [5, 5.41) is 7.56. The maximum Gasteiger partial charge on any atom is 0.132 e. The minimum atomic E-state index is -0.213. The Hall–Kier alpha value is -1.68. The fourth-order valence-corrected chi connectivity index (χ4v) is 1.98. The molecule has 0 radical (unpaired) electrons. The van der Waals surface area contributed by atoms with E-state index in [0.29, 0.717) is 12.1 Å². The van der Waals surface area contributed by atoms with Gasteiger partial charge in [0.25, 0.3) is 0 Å². The minimum Gasteiger partial charge on any atom is -0.314 e. The van der Waals surface area contributed by atoms with Gasteiger partial charge >= 0.3 is 0 Å². The zero-order valence-electron chi connectivity index (χ0n) is 10.9. The molecule has 1 aromatic carbocycles. The van der Waals surface area contributed by atoms with E-state index < -0.39 is 0 Å². The number of hydrogen-bond acceptors (Lipinski definition) is 2. The molecule has 1 heterocycles. The lowest BCUT2D eigenvalue weighted by Crippen LogP contribution is -2.08. The summed E-state index contributed by atoms with van der Waals surface area (Å²) < 4.78 is 15.7. The Morgan fingerprint density at radius 1 is 1.33 bits per heavy atom. The number of nitrogens with one attached hydrogen (secondary N) is 1. The monoisotopic (exact) mass is 247 g/mol. The predicted octanol–water partition coefficient (Wildman–Crippen LogP) is 2.99. The normalized spacial score (nSPS) is 11.2. The highest BCUT2D eigenvalue weighted by Crippen LogP contribution is 2.26. The van der Waals surface area contributed by atoms with Gasteiger partial charge in [0, 0.05) is 18.2 Å². The number of rotatable bonds is 4. The van der Waals surface area contributed by atoms with Crippen molar-refractivity contribution in [3.05, 3.63) is 41.8 Å². The number of halogens is 1. The van der Waals surface area contributed by atoms with Crippen LogP contribution in [0.1, 0.15) is 25.6 Å². The maximum atomic E-state index is 13.9. The molecule has 0 aliphatic carbocycles. The fraction of sp³-hybridized carbons (Fsp3) is 0.357. The Bertz CT molecular complexity index is 532. The van der Waals surface area contributed by atoms with Crippen LogP contribution >= 0.6 is 0 Å². The van der Waals surface area contributed by atoms with E-state index >= 15 is 0 Å². The highest BCUT2D eigenvalue weighted by atomic mass is 19.1. The van der Waals surface area contributed by atoms with Crippen molar-refractivity contribution in [1.29, 1.82) is 0 Å². The van der Waals surface area contributed by atoms with E-state index in [0.717, 1.165) is 11.4 Å². The first kappa shape index (κ1) is 12.8. The van der Waals surface area contributed by atoms with Crippen molar-refractivity contribution in [3.8, 4) is 11.3 Å². The van der Waals surface area contributed by atoms with Crippen molar-refractivity contribution in [3.63, 3.8) is 0 Å². The summed E-state index contributed by atoms with van der Waals surface area (Å²) in [6, 6.07) is 8.94. The first-order valence-corrected chi connectivity index (χ1v) is 6.11. The van der Waals surface area contributed by atoms with Crippen LogP contribution in [-0.4, -0.2) is 16.8 Å². The van der Waals surface area contributed by atoms with E-state index in [2.05, 4.69) is 10.4 Å². The van der Waals surface area contributed by atoms with Gasteiger partial charge in [-0.05, 0) is 39.1 Å². The SMILES string of the molecule is CNCc1cc(-c2ccccc2F)n(C(C)C)n1. The second-order valence-corrected chi connectivity index (χ2v) is 4.57. The van der Waals surface area contributed by atoms with Crippen molar-refractivity contribution >= 4 is 0 Å². The van der Waals surface area contributed by atoms with Gasteiger partial charge in [-0.1, -0.05) is 12.1 Å². The van der Waals surface area contributed by atoms with Crippen molar-refractivity contribution in [2.24, 2.45) is 0 Å². The van der Waals surface area contributed by atoms with Crippen molar-refractivity contribution in [1.82, 2.24) is 15.1 Å². The highest BCUT2D eigenvalue weighted by Gasteiger charge is 2.14. The smallest absolute Gasteiger partial charge is 0.132 e. The molecule has 0 saturated carbocycles. The van der Waals surface area contributed by atoms with Gasteiger partial charge in [-0.15, -0.1) is 0 Å². The van der Waals surface area contributed by atoms with E-state index in [9.17, 15) is 4.39 Å². The van der Waals surface area contributed by atoms with Crippen LogP contribution in [-0.2, 0) is 6.54 Å². The standard InChI is InChI=1S/C14H18FN3/c1-10(2)18-14(8-11(17-18)9-16-3)12-6-4-5-7-13(12)15/h4-8,10,16H,9H2,1-3H3. The topological polar surface area (TPSA) is 29.9 Å². The maximum absolute atomic E-state index is 13.9. The van der Waals surface area contributed by atoms with E-state index in [1.165, 1.54) is 6.07 Å². The van der Waals surface area contributed by atoms with E-state index in [4.69, 9.17) is 0 Å². The lowest BCUT2D eigenvalue weighted by molar-refractivity contribution is 0.527. The van der Waals surface area contributed by atoms with Crippen LogP contribution in [0.3, 0.4) is 0 Å². The summed E-state index contributed by atoms with van der Waals surface area (Å²) in [4.78, 5) is 0. The van der Waals surface area contributed by atoms with E-state index in [1.807, 2.05) is 37.7 Å². The number of nitrogens with zero attached hydrogens (tertiary/aromatic N) is 2. The summed E-state index contributed by atoms with van der Waals surface area (Å²) in [5.41, 5.74) is 2.35. The number of benzene rings is 1. The van der Waals surface area contributed by atoms with Crippen LogP contribution in [0.25, 0.3) is 11.3 Å². The van der Waals surface area contributed by atoms with Gasteiger partial charge in [0.05, 0.1) is 11.4 Å². The first-order valence-electron chi connectivity index (χ1n) is 6.11. The number of hydrogen-bond donors (Lipinski definition) is 1. The van der Waals surface area contributed by atoms with Gasteiger partial charge in [0.2, 0.25) is 0 Å². The fourth-order valence-electron chi connectivity index (χ4n) is 1.98. The van der Waals surface area contributed by atoms with Crippen LogP contribution in [0.5, 0.6) is 0 Å². The molecule has 4 heteroatoms. The molecule has 0 unspecified atom stereocenters. The molecule has 0 fully saturated rings. The molecule has 1 aromatic heterocycles. The molecule has 96 valence electrons. The van der Waals surface area contributed by atoms with Gasteiger partial charge in [-0.2, -0.15) is 5.10 Å². The average Bonchev–Trinajstić information content (AvgIpc) is 2.74. The van der Waals surface area contributed by atoms with E-state index in [1.54, 1.807) is 12.1 Å². The van der Waals surface area contributed by atoms with Crippen LogP contribution in [0.15, 0.2) is 30.3 Å². The molecule has 18 heavy (non-hydrogen) atoms. The molecular weight excluding hydrogens is 229 g/mol. The van der Waals surface area contributed by atoms with Crippen LogP contribution in [0, 0.1) is 5.82 Å². The average molecular weight is 247 g/mol. The van der Waals surface area contributed by atoms with Gasteiger partial charge in [0.1, 0.15) is 5.82 Å². The van der Waals surface area contributed by atoms with Crippen molar-refractivity contribution < 1.29 is 4.39 Å². The lowest BCUT2D eigenvalue weighted by Gasteiger charge is -2.11. The molecule has 2 aromatic rings. The summed E-state index contributed by atoms with van der Waals surface area (Å²) in [6.45, 7) is 4.77. The van der Waals surface area contributed by atoms with Crippen LogP contribution < -0.4 is 5.32 Å². The highest BCUT2D eigenvalue weighted by molar-refractivity contribution is 5.61. The number of aromatic nitrogens is 2. The van der Waals surface area contributed by atoms with Gasteiger partial charge in [0.15, 0.2) is 0 Å². The summed E-state index contributed by atoms with van der Waals surface area (Å²) in [6.07, 6.45) is 0. The third-order valence-electron chi connectivity index (χ3n) is 2.78. The van der Waals surface area contributed by atoms with Crippen molar-refractivity contribution in [2.75, 3.05) is 7.05 Å².